The average molecular weight is 222 g/mol. The Morgan fingerprint density at radius 2 is 1.31 bits per heavy atom. The van der Waals surface area contributed by atoms with Crippen LogP contribution in [0.3, 0.4) is 0 Å². The van der Waals surface area contributed by atoms with Crippen LogP contribution < -0.4 is 0 Å². The van der Waals surface area contributed by atoms with Gasteiger partial charge >= 0.3 is 18.9 Å². The zero-order valence-corrected chi connectivity index (χ0v) is 8.95. The molecule has 3 heteroatoms. The number of carbonyl (C=O) groups excluding carboxylic acids is 1. The first kappa shape index (κ1) is 13.1. The van der Waals surface area contributed by atoms with Gasteiger partial charge in [0.25, 0.3) is 0 Å². The van der Waals surface area contributed by atoms with E-state index in [9.17, 15) is 4.79 Å². The van der Waals surface area contributed by atoms with Crippen LogP contribution in [-0.2, 0) is 0 Å². The monoisotopic (exact) mass is 222 g/mol. The molecule has 2 aromatic carbocycles. The van der Waals surface area contributed by atoms with Gasteiger partial charge in [-0.05, 0) is 24.3 Å². The number of thiol groups is 1. The molecule has 16 heavy (non-hydrogen) atoms. The molecule has 0 atom stereocenters. The molecule has 0 bridgehead atoms. The number of hydrogen-bond donors (Lipinski definition) is 1. The molecule has 0 radical (unpaired) electrons. The maximum absolute atomic E-state index is 11.9. The molecule has 76 valence electrons. The Morgan fingerprint density at radius 1 is 0.812 bits per heavy atom. The van der Waals surface area contributed by atoms with Gasteiger partial charge in [0.15, 0.2) is 5.78 Å². The third-order valence-corrected chi connectivity index (χ3v) is 2.46. The van der Waals surface area contributed by atoms with E-state index in [1.165, 1.54) is 0 Å². The summed E-state index contributed by atoms with van der Waals surface area (Å²) in [4.78, 5) is 12.8. The van der Waals surface area contributed by atoms with E-state index < -0.39 is 0 Å². The summed E-state index contributed by atoms with van der Waals surface area (Å²) in [6, 6.07) is 16.5. The zero-order chi connectivity index (χ0) is 10.7. The maximum atomic E-state index is 11.9. The first-order chi connectivity index (χ1) is 7.27. The van der Waals surface area contributed by atoms with E-state index in [4.69, 9.17) is 0 Å². The van der Waals surface area contributed by atoms with Crippen LogP contribution in [0.2, 0.25) is 0 Å². The predicted octanol–water partition coefficient (Wildman–Crippen LogP) is 2.56. The SMILES string of the molecule is O=C(c1ccccc1)c1ccc(S)cc1.[LiH]. The van der Waals surface area contributed by atoms with Crippen LogP contribution in [0.15, 0.2) is 59.5 Å². The van der Waals surface area contributed by atoms with Crippen molar-refractivity contribution >= 4 is 37.3 Å². The van der Waals surface area contributed by atoms with E-state index in [1.807, 2.05) is 42.5 Å². The topological polar surface area (TPSA) is 17.1 Å². The van der Waals surface area contributed by atoms with Gasteiger partial charge in [-0.3, -0.25) is 4.79 Å². The zero-order valence-electron chi connectivity index (χ0n) is 8.05. The number of rotatable bonds is 2. The Kier molecular flexibility index (Phi) is 4.89. The Hall–Kier alpha value is -0.943. The molecule has 0 aliphatic carbocycles. The summed E-state index contributed by atoms with van der Waals surface area (Å²) in [6.07, 6.45) is 0. The van der Waals surface area contributed by atoms with Crippen molar-refractivity contribution in [1.29, 1.82) is 0 Å². The molecule has 0 saturated carbocycles. The van der Waals surface area contributed by atoms with E-state index in [1.54, 1.807) is 12.1 Å². The van der Waals surface area contributed by atoms with Gasteiger partial charge in [-0.25, -0.2) is 0 Å². The summed E-state index contributed by atoms with van der Waals surface area (Å²) in [5.41, 5.74) is 1.41. The molecule has 0 unspecified atom stereocenters. The van der Waals surface area contributed by atoms with Crippen LogP contribution >= 0.6 is 12.6 Å². The molecular weight excluding hydrogens is 211 g/mol. The van der Waals surface area contributed by atoms with Crippen LogP contribution in [0.4, 0.5) is 0 Å². The van der Waals surface area contributed by atoms with Gasteiger partial charge in [0.1, 0.15) is 0 Å². The molecule has 0 aliphatic rings. The molecule has 0 aromatic heterocycles. The molecule has 1 nitrogen and oxygen atoms in total. The van der Waals surface area contributed by atoms with E-state index in [2.05, 4.69) is 12.6 Å². The first-order valence-electron chi connectivity index (χ1n) is 4.66. The summed E-state index contributed by atoms with van der Waals surface area (Å²) in [6.45, 7) is 0. The molecule has 0 fully saturated rings. The standard InChI is InChI=1S/C13H10OS.Li.H/c14-13(10-4-2-1-3-5-10)11-6-8-12(15)9-7-11;;/h1-9,15H;;. The number of hydrogen-bond acceptors (Lipinski definition) is 2. The van der Waals surface area contributed by atoms with Gasteiger partial charge < -0.3 is 0 Å². The second-order valence-electron chi connectivity index (χ2n) is 3.24. The van der Waals surface area contributed by atoms with Crippen LogP contribution in [0.5, 0.6) is 0 Å². The summed E-state index contributed by atoms with van der Waals surface area (Å²) in [5, 5.41) is 0. The van der Waals surface area contributed by atoms with Gasteiger partial charge in [0, 0.05) is 16.0 Å². The Balaban J connectivity index is 0.00000128. The van der Waals surface area contributed by atoms with Crippen molar-refractivity contribution in [2.45, 2.75) is 4.90 Å². The number of carbonyl (C=O) groups is 1. The second kappa shape index (κ2) is 5.96. The van der Waals surface area contributed by atoms with Crippen molar-refractivity contribution in [2.75, 3.05) is 0 Å². The number of ketones is 1. The normalized spacial score (nSPS) is 9.31. The van der Waals surface area contributed by atoms with Gasteiger partial charge in [-0.1, -0.05) is 30.3 Å². The molecule has 2 aromatic rings. The van der Waals surface area contributed by atoms with Gasteiger partial charge in [0.05, 0.1) is 0 Å². The summed E-state index contributed by atoms with van der Waals surface area (Å²) in [7, 11) is 0. The Labute approximate surface area is 112 Å². The molecule has 0 aliphatic heterocycles. The van der Waals surface area contributed by atoms with E-state index in [0.29, 0.717) is 11.1 Å². The minimum atomic E-state index is 0. The van der Waals surface area contributed by atoms with Crippen LogP contribution in [0, 0.1) is 0 Å². The van der Waals surface area contributed by atoms with E-state index in [0.717, 1.165) is 4.90 Å². The third kappa shape index (κ3) is 3.02. The van der Waals surface area contributed by atoms with Crippen LogP contribution in [0.25, 0.3) is 0 Å². The fourth-order valence-corrected chi connectivity index (χ4v) is 1.52. The summed E-state index contributed by atoms with van der Waals surface area (Å²) >= 11 is 4.18. The summed E-state index contributed by atoms with van der Waals surface area (Å²) in [5.74, 6) is 0.0453. The molecular formula is C13H11LiOS. The second-order valence-corrected chi connectivity index (χ2v) is 3.76. The van der Waals surface area contributed by atoms with Gasteiger partial charge in [-0.2, -0.15) is 0 Å². The van der Waals surface area contributed by atoms with Gasteiger partial charge in [-0.15, -0.1) is 12.6 Å². The molecule has 0 spiro atoms. The molecule has 0 amide bonds. The van der Waals surface area contributed by atoms with Crippen LogP contribution in [0.1, 0.15) is 15.9 Å². The number of benzene rings is 2. The van der Waals surface area contributed by atoms with Gasteiger partial charge in [0.2, 0.25) is 0 Å². The Morgan fingerprint density at radius 3 is 1.88 bits per heavy atom. The van der Waals surface area contributed by atoms with Crippen molar-refractivity contribution in [1.82, 2.24) is 0 Å². The fraction of sp³-hybridized carbons (Fsp3) is 0. The van der Waals surface area contributed by atoms with Crippen molar-refractivity contribution in [3.63, 3.8) is 0 Å². The third-order valence-electron chi connectivity index (χ3n) is 2.17. The van der Waals surface area contributed by atoms with Crippen molar-refractivity contribution in [2.24, 2.45) is 0 Å². The van der Waals surface area contributed by atoms with Crippen molar-refractivity contribution in [3.8, 4) is 0 Å². The van der Waals surface area contributed by atoms with E-state index >= 15 is 0 Å². The quantitative estimate of drug-likeness (QED) is 0.469. The minimum absolute atomic E-state index is 0. The molecule has 0 saturated heterocycles. The van der Waals surface area contributed by atoms with E-state index in [-0.39, 0.29) is 24.6 Å². The van der Waals surface area contributed by atoms with Crippen molar-refractivity contribution < 1.29 is 4.79 Å². The molecule has 0 N–H and O–H groups in total. The molecule has 0 heterocycles. The fourth-order valence-electron chi connectivity index (χ4n) is 1.37. The molecule has 2 rings (SSSR count). The average Bonchev–Trinajstić information content (AvgIpc) is 2.30. The predicted molar refractivity (Wildman–Crippen MR) is 70.7 cm³/mol. The first-order valence-corrected chi connectivity index (χ1v) is 5.11. The van der Waals surface area contributed by atoms with Crippen molar-refractivity contribution in [3.05, 3.63) is 65.7 Å². The Bertz CT molecular complexity index is 465. The summed E-state index contributed by atoms with van der Waals surface area (Å²) < 4.78 is 0. The van der Waals surface area contributed by atoms with Crippen LogP contribution in [-0.4, -0.2) is 24.6 Å².